The van der Waals surface area contributed by atoms with Crippen molar-refractivity contribution in [2.45, 2.75) is 18.7 Å². The van der Waals surface area contributed by atoms with Gasteiger partial charge in [-0.1, -0.05) is 30.3 Å². The monoisotopic (exact) mass is 454 g/mol. The highest BCUT2D eigenvalue weighted by Crippen LogP contribution is 2.37. The van der Waals surface area contributed by atoms with Crippen LogP contribution in [-0.4, -0.2) is 25.9 Å². The van der Waals surface area contributed by atoms with Gasteiger partial charge in [-0.3, -0.25) is 14.8 Å². The van der Waals surface area contributed by atoms with Gasteiger partial charge in [0.1, 0.15) is 16.9 Å². The SMILES string of the molecule is CCOC(=O)c1c(C)oc2c1cc(NS(=O)(=O)c1cccc([N+](=O)[O-])c1)c1ccccc12. The van der Waals surface area contributed by atoms with Crippen LogP contribution < -0.4 is 4.72 Å². The smallest absolute Gasteiger partial charge is 0.342 e. The lowest BCUT2D eigenvalue weighted by Gasteiger charge is -2.12. The second-order valence-corrected chi connectivity index (χ2v) is 8.64. The topological polar surface area (TPSA) is 129 Å². The average molecular weight is 454 g/mol. The van der Waals surface area contributed by atoms with Crippen LogP contribution in [-0.2, 0) is 14.8 Å². The molecule has 1 N–H and O–H groups in total. The minimum absolute atomic E-state index is 0.171. The fraction of sp³-hybridized carbons (Fsp3) is 0.136. The summed E-state index contributed by atoms with van der Waals surface area (Å²) >= 11 is 0. The number of nitrogens with one attached hydrogen (secondary N) is 1. The number of esters is 1. The second kappa shape index (κ2) is 7.97. The van der Waals surface area contributed by atoms with E-state index < -0.39 is 20.9 Å². The van der Waals surface area contributed by atoms with Gasteiger partial charge in [0.15, 0.2) is 0 Å². The van der Waals surface area contributed by atoms with Gasteiger partial charge in [0.05, 0.1) is 22.1 Å². The molecule has 164 valence electrons. The number of sulfonamides is 1. The summed E-state index contributed by atoms with van der Waals surface area (Å²) in [6.45, 7) is 3.49. The van der Waals surface area contributed by atoms with E-state index in [1.807, 2.05) is 0 Å². The number of hydrogen-bond donors (Lipinski definition) is 1. The lowest BCUT2D eigenvalue weighted by molar-refractivity contribution is -0.385. The van der Waals surface area contributed by atoms with Crippen LogP contribution in [0.5, 0.6) is 0 Å². The molecule has 1 heterocycles. The maximum absolute atomic E-state index is 13.0. The van der Waals surface area contributed by atoms with E-state index in [0.29, 0.717) is 27.5 Å². The van der Waals surface area contributed by atoms with Gasteiger partial charge in [-0.25, -0.2) is 13.2 Å². The molecule has 4 rings (SSSR count). The molecule has 3 aromatic carbocycles. The van der Waals surface area contributed by atoms with E-state index in [9.17, 15) is 23.3 Å². The zero-order valence-electron chi connectivity index (χ0n) is 17.1. The number of nitro benzene ring substituents is 1. The predicted octanol–water partition coefficient (Wildman–Crippen LogP) is 4.78. The molecule has 4 aromatic rings. The first-order valence-corrected chi connectivity index (χ1v) is 11.1. The first-order valence-electron chi connectivity index (χ1n) is 9.62. The Bertz CT molecular complexity index is 1490. The number of carbonyl (C=O) groups excluding carboxylic acids is 1. The predicted molar refractivity (Wildman–Crippen MR) is 118 cm³/mol. The van der Waals surface area contributed by atoms with E-state index in [4.69, 9.17) is 9.15 Å². The van der Waals surface area contributed by atoms with Gasteiger partial charge in [0.25, 0.3) is 15.7 Å². The third-order valence-electron chi connectivity index (χ3n) is 4.93. The first kappa shape index (κ1) is 21.3. The molecule has 0 aliphatic carbocycles. The van der Waals surface area contributed by atoms with Crippen molar-refractivity contribution in [2.75, 3.05) is 11.3 Å². The number of furan rings is 1. The Morgan fingerprint density at radius 3 is 2.50 bits per heavy atom. The first-order chi connectivity index (χ1) is 15.2. The van der Waals surface area contributed by atoms with Gasteiger partial charge < -0.3 is 9.15 Å². The molecule has 0 saturated carbocycles. The number of benzene rings is 3. The van der Waals surface area contributed by atoms with Gasteiger partial charge in [0, 0.05) is 28.3 Å². The van der Waals surface area contributed by atoms with Crippen LogP contribution in [0.15, 0.2) is 63.9 Å². The van der Waals surface area contributed by atoms with Crippen LogP contribution in [0.2, 0.25) is 0 Å². The second-order valence-electron chi connectivity index (χ2n) is 6.96. The zero-order chi connectivity index (χ0) is 23.0. The summed E-state index contributed by atoms with van der Waals surface area (Å²) in [6, 6.07) is 13.2. The fourth-order valence-corrected chi connectivity index (χ4v) is 4.66. The molecular formula is C22H18N2O7S. The molecule has 9 nitrogen and oxygen atoms in total. The van der Waals surface area contributed by atoms with Gasteiger partial charge in [-0.05, 0) is 26.0 Å². The molecule has 32 heavy (non-hydrogen) atoms. The summed E-state index contributed by atoms with van der Waals surface area (Å²) in [5, 5.41) is 12.6. The Morgan fingerprint density at radius 2 is 1.81 bits per heavy atom. The highest BCUT2D eigenvalue weighted by Gasteiger charge is 2.24. The van der Waals surface area contributed by atoms with Crippen molar-refractivity contribution in [3.8, 4) is 0 Å². The van der Waals surface area contributed by atoms with Gasteiger partial charge >= 0.3 is 5.97 Å². The molecule has 1 aromatic heterocycles. The largest absolute Gasteiger partial charge is 0.462 e. The maximum atomic E-state index is 13.0. The Balaban J connectivity index is 1.92. The Morgan fingerprint density at radius 1 is 1.09 bits per heavy atom. The van der Waals surface area contributed by atoms with Gasteiger partial charge in [-0.2, -0.15) is 0 Å². The third-order valence-corrected chi connectivity index (χ3v) is 6.30. The molecule has 0 amide bonds. The number of aryl methyl sites for hydroxylation is 1. The molecule has 0 aliphatic heterocycles. The van der Waals surface area contributed by atoms with Crippen LogP contribution in [0, 0.1) is 17.0 Å². The highest BCUT2D eigenvalue weighted by atomic mass is 32.2. The van der Waals surface area contributed by atoms with Crippen LogP contribution in [0.3, 0.4) is 0 Å². The van der Waals surface area contributed by atoms with Crippen molar-refractivity contribution in [3.63, 3.8) is 0 Å². The normalized spacial score (nSPS) is 11.6. The van der Waals surface area contributed by atoms with E-state index in [-0.39, 0.29) is 28.4 Å². The number of nitrogens with zero attached hydrogens (tertiary/aromatic N) is 1. The minimum Gasteiger partial charge on any atom is -0.462 e. The summed E-state index contributed by atoms with van der Waals surface area (Å²) < 4.78 is 39.5. The van der Waals surface area contributed by atoms with Crippen molar-refractivity contribution in [1.29, 1.82) is 0 Å². The molecule has 0 radical (unpaired) electrons. The van der Waals surface area contributed by atoms with E-state index in [2.05, 4.69) is 4.72 Å². The van der Waals surface area contributed by atoms with Gasteiger partial charge in [0.2, 0.25) is 0 Å². The molecule has 0 saturated heterocycles. The van der Waals surface area contributed by atoms with Crippen LogP contribution in [0.1, 0.15) is 23.0 Å². The minimum atomic E-state index is -4.17. The molecule has 10 heteroatoms. The van der Waals surface area contributed by atoms with E-state index in [1.165, 1.54) is 24.3 Å². The van der Waals surface area contributed by atoms with E-state index >= 15 is 0 Å². The fourth-order valence-electron chi connectivity index (χ4n) is 3.55. The van der Waals surface area contributed by atoms with Crippen LogP contribution >= 0.6 is 0 Å². The van der Waals surface area contributed by atoms with Crippen molar-refractivity contribution in [3.05, 3.63) is 76.0 Å². The summed E-state index contributed by atoms with van der Waals surface area (Å²) in [4.78, 5) is 22.6. The van der Waals surface area contributed by atoms with Crippen molar-refractivity contribution < 1.29 is 27.3 Å². The van der Waals surface area contributed by atoms with Crippen molar-refractivity contribution in [2.24, 2.45) is 0 Å². The number of nitro groups is 1. The number of anilines is 1. The summed E-state index contributed by atoms with van der Waals surface area (Å²) in [6.07, 6.45) is 0. The van der Waals surface area contributed by atoms with E-state index in [1.54, 1.807) is 38.1 Å². The van der Waals surface area contributed by atoms with Crippen molar-refractivity contribution in [1.82, 2.24) is 0 Å². The number of ether oxygens (including phenoxy) is 1. The van der Waals surface area contributed by atoms with E-state index in [0.717, 1.165) is 6.07 Å². The Kier molecular flexibility index (Phi) is 5.31. The summed E-state index contributed by atoms with van der Waals surface area (Å²) in [7, 11) is -4.17. The standard InChI is InChI=1S/C22H18N2O7S/c1-3-30-22(25)20-13(2)31-21-17-10-5-4-9-16(17)19(12-18(20)21)23-32(28,29)15-8-6-7-14(11-15)24(26)27/h4-12,23H,3H2,1-2H3. The molecule has 0 unspecified atom stereocenters. The summed E-state index contributed by atoms with van der Waals surface area (Å²) in [5.41, 5.74) is 0.497. The average Bonchev–Trinajstić information content (AvgIpc) is 3.10. The lowest BCUT2D eigenvalue weighted by atomic mass is 10.0. The molecule has 0 spiro atoms. The molecule has 0 bridgehead atoms. The Hall–Kier alpha value is -3.92. The van der Waals surface area contributed by atoms with Crippen molar-refractivity contribution >= 4 is 49.1 Å². The van der Waals surface area contributed by atoms with Crippen LogP contribution in [0.25, 0.3) is 21.7 Å². The van der Waals surface area contributed by atoms with Gasteiger partial charge in [-0.15, -0.1) is 0 Å². The highest BCUT2D eigenvalue weighted by molar-refractivity contribution is 7.92. The molecule has 0 atom stereocenters. The summed E-state index contributed by atoms with van der Waals surface area (Å²) in [5.74, 6) is -0.228. The van der Waals surface area contributed by atoms with Crippen LogP contribution in [0.4, 0.5) is 11.4 Å². The lowest BCUT2D eigenvalue weighted by Crippen LogP contribution is -2.13. The molecular weight excluding hydrogens is 436 g/mol. The molecule has 0 aliphatic rings. The third kappa shape index (κ3) is 3.65. The number of non-ortho nitro benzene ring substituents is 1. The Labute approximate surface area is 182 Å². The number of rotatable bonds is 6. The number of carbonyl (C=O) groups is 1. The maximum Gasteiger partial charge on any atom is 0.342 e. The number of fused-ring (bicyclic) bond motifs is 3. The molecule has 0 fully saturated rings. The quantitative estimate of drug-likeness (QED) is 0.252. The number of hydrogen-bond acceptors (Lipinski definition) is 7. The zero-order valence-corrected chi connectivity index (χ0v) is 17.9.